The summed E-state index contributed by atoms with van der Waals surface area (Å²) in [6.45, 7) is 8.33. The van der Waals surface area contributed by atoms with Gasteiger partial charge in [-0.2, -0.15) is 0 Å². The lowest BCUT2D eigenvalue weighted by Gasteiger charge is -2.33. The van der Waals surface area contributed by atoms with E-state index in [1.165, 1.54) is 9.71 Å². The highest BCUT2D eigenvalue weighted by Crippen LogP contribution is 2.20. The summed E-state index contributed by atoms with van der Waals surface area (Å²) in [6, 6.07) is 8.38. The summed E-state index contributed by atoms with van der Waals surface area (Å²) in [6.07, 6.45) is 0. The Hall–Kier alpha value is -1.24. The molecule has 3 rings (SSSR count). The molecule has 21 heavy (non-hydrogen) atoms. The number of fused-ring (bicyclic) bond motifs is 1. The SMILES string of the molecule is CCNC(=S)N1CC[NH+](Cc2nc3ccccc3s2)CC1. The lowest BCUT2D eigenvalue weighted by atomic mass is 10.3. The zero-order chi connectivity index (χ0) is 14.7. The van der Waals surface area contributed by atoms with Gasteiger partial charge in [-0.25, -0.2) is 4.98 Å². The number of piperazine rings is 1. The average molecular weight is 321 g/mol. The second-order valence-electron chi connectivity index (χ2n) is 5.32. The van der Waals surface area contributed by atoms with E-state index in [9.17, 15) is 0 Å². The lowest BCUT2D eigenvalue weighted by Crippen LogP contribution is -3.13. The Balaban J connectivity index is 1.56. The Morgan fingerprint density at radius 1 is 1.38 bits per heavy atom. The van der Waals surface area contributed by atoms with E-state index in [1.807, 2.05) is 11.3 Å². The van der Waals surface area contributed by atoms with Crippen LogP contribution in [0.3, 0.4) is 0 Å². The maximum absolute atomic E-state index is 5.38. The Kier molecular flexibility index (Phi) is 4.67. The van der Waals surface area contributed by atoms with Crippen molar-refractivity contribution in [1.82, 2.24) is 15.2 Å². The zero-order valence-electron chi connectivity index (χ0n) is 12.3. The van der Waals surface area contributed by atoms with Gasteiger partial charge in [-0.05, 0) is 31.3 Å². The monoisotopic (exact) mass is 321 g/mol. The van der Waals surface area contributed by atoms with Crippen LogP contribution < -0.4 is 10.2 Å². The maximum Gasteiger partial charge on any atom is 0.169 e. The van der Waals surface area contributed by atoms with Crippen LogP contribution in [0.5, 0.6) is 0 Å². The minimum absolute atomic E-state index is 0.900. The van der Waals surface area contributed by atoms with Crippen LogP contribution in [0.1, 0.15) is 11.9 Å². The van der Waals surface area contributed by atoms with Gasteiger partial charge in [0.1, 0.15) is 11.6 Å². The van der Waals surface area contributed by atoms with Gasteiger partial charge in [-0.3, -0.25) is 0 Å². The number of thiocarbonyl (C=S) groups is 1. The molecule has 112 valence electrons. The number of para-hydroxylation sites is 1. The molecule has 1 aliphatic heterocycles. The maximum atomic E-state index is 5.38. The van der Waals surface area contributed by atoms with Gasteiger partial charge in [-0.1, -0.05) is 12.1 Å². The molecule has 0 atom stereocenters. The molecule has 1 aromatic heterocycles. The second-order valence-corrected chi connectivity index (χ2v) is 6.83. The normalized spacial score (nSPS) is 16.3. The van der Waals surface area contributed by atoms with E-state index < -0.39 is 0 Å². The zero-order valence-corrected chi connectivity index (χ0v) is 13.9. The number of hydrogen-bond donors (Lipinski definition) is 2. The summed E-state index contributed by atoms with van der Waals surface area (Å²) in [5.41, 5.74) is 1.13. The Labute approximate surface area is 134 Å². The summed E-state index contributed by atoms with van der Waals surface area (Å²) in [5.74, 6) is 0. The van der Waals surface area contributed by atoms with Crippen molar-refractivity contribution in [2.24, 2.45) is 0 Å². The molecule has 0 spiro atoms. The average Bonchev–Trinajstić information content (AvgIpc) is 2.90. The van der Waals surface area contributed by atoms with E-state index in [2.05, 4.69) is 41.4 Å². The highest BCUT2D eigenvalue weighted by Gasteiger charge is 2.22. The summed E-state index contributed by atoms with van der Waals surface area (Å²) in [7, 11) is 0. The minimum Gasteiger partial charge on any atom is -0.363 e. The van der Waals surface area contributed by atoms with Gasteiger partial charge in [0.15, 0.2) is 5.11 Å². The van der Waals surface area contributed by atoms with Gasteiger partial charge >= 0.3 is 0 Å². The van der Waals surface area contributed by atoms with Gasteiger partial charge in [0.25, 0.3) is 0 Å². The first-order chi connectivity index (χ1) is 10.3. The molecular weight excluding hydrogens is 300 g/mol. The molecule has 1 fully saturated rings. The van der Waals surface area contributed by atoms with Crippen molar-refractivity contribution in [3.8, 4) is 0 Å². The van der Waals surface area contributed by atoms with Crippen LogP contribution in [-0.4, -0.2) is 47.7 Å². The molecule has 2 N–H and O–H groups in total. The molecule has 0 saturated carbocycles. The molecule has 0 amide bonds. The van der Waals surface area contributed by atoms with Gasteiger partial charge < -0.3 is 15.1 Å². The highest BCUT2D eigenvalue weighted by molar-refractivity contribution is 7.80. The third-order valence-electron chi connectivity index (χ3n) is 3.83. The van der Waals surface area contributed by atoms with Crippen LogP contribution >= 0.6 is 23.6 Å². The molecule has 2 aromatic rings. The van der Waals surface area contributed by atoms with E-state index in [0.717, 1.165) is 49.9 Å². The summed E-state index contributed by atoms with van der Waals surface area (Å²) in [5, 5.41) is 5.38. The largest absolute Gasteiger partial charge is 0.363 e. The topological polar surface area (TPSA) is 32.6 Å². The summed E-state index contributed by atoms with van der Waals surface area (Å²) in [4.78, 5) is 8.62. The molecule has 0 bridgehead atoms. The highest BCUT2D eigenvalue weighted by atomic mass is 32.1. The standard InChI is InChI=1S/C15H20N4S2/c1-2-16-15(20)19-9-7-18(8-10-19)11-14-17-12-5-3-4-6-13(12)21-14/h3-6H,2,7-11H2,1H3,(H,16,20)/p+1. The van der Waals surface area contributed by atoms with Gasteiger partial charge in [0.05, 0.1) is 36.4 Å². The van der Waals surface area contributed by atoms with E-state index in [1.54, 1.807) is 4.90 Å². The van der Waals surface area contributed by atoms with Crippen LogP contribution in [0.4, 0.5) is 0 Å². The van der Waals surface area contributed by atoms with Crippen molar-refractivity contribution in [2.75, 3.05) is 32.7 Å². The number of hydrogen-bond acceptors (Lipinski definition) is 3. The summed E-state index contributed by atoms with van der Waals surface area (Å²) < 4.78 is 1.29. The molecule has 1 aliphatic rings. The van der Waals surface area contributed by atoms with Gasteiger partial charge in [0.2, 0.25) is 0 Å². The van der Waals surface area contributed by atoms with Crippen molar-refractivity contribution in [2.45, 2.75) is 13.5 Å². The number of nitrogens with one attached hydrogen (secondary N) is 2. The van der Waals surface area contributed by atoms with Gasteiger partial charge in [-0.15, -0.1) is 11.3 Å². The summed E-state index contributed by atoms with van der Waals surface area (Å²) >= 11 is 7.20. The number of aromatic nitrogens is 1. The predicted molar refractivity (Wildman–Crippen MR) is 91.9 cm³/mol. The third-order valence-corrected chi connectivity index (χ3v) is 5.26. The van der Waals surface area contributed by atoms with Crippen LogP contribution in [-0.2, 0) is 6.54 Å². The first kappa shape index (κ1) is 14.7. The molecule has 6 heteroatoms. The van der Waals surface area contributed by atoms with Crippen LogP contribution in [0.25, 0.3) is 10.2 Å². The number of benzene rings is 1. The third kappa shape index (κ3) is 3.51. The van der Waals surface area contributed by atoms with E-state index in [0.29, 0.717) is 0 Å². The number of nitrogens with zero attached hydrogens (tertiary/aromatic N) is 2. The number of quaternary nitrogens is 1. The van der Waals surface area contributed by atoms with E-state index >= 15 is 0 Å². The molecule has 0 aliphatic carbocycles. The molecule has 4 nitrogen and oxygen atoms in total. The van der Waals surface area contributed by atoms with Crippen LogP contribution in [0.2, 0.25) is 0 Å². The molecule has 1 saturated heterocycles. The van der Waals surface area contributed by atoms with Crippen molar-refractivity contribution in [3.05, 3.63) is 29.3 Å². The van der Waals surface area contributed by atoms with Crippen molar-refractivity contribution < 1.29 is 4.90 Å². The Morgan fingerprint density at radius 3 is 2.86 bits per heavy atom. The van der Waals surface area contributed by atoms with Crippen molar-refractivity contribution in [3.63, 3.8) is 0 Å². The quantitative estimate of drug-likeness (QED) is 0.823. The van der Waals surface area contributed by atoms with E-state index in [-0.39, 0.29) is 0 Å². The van der Waals surface area contributed by atoms with Gasteiger partial charge in [0, 0.05) is 6.54 Å². The van der Waals surface area contributed by atoms with Crippen LogP contribution in [0, 0.1) is 0 Å². The molecule has 0 unspecified atom stereocenters. The first-order valence-corrected chi connectivity index (χ1v) is 8.69. The predicted octanol–water partition coefficient (Wildman–Crippen LogP) is 0.891. The van der Waals surface area contributed by atoms with Crippen molar-refractivity contribution in [1.29, 1.82) is 0 Å². The Bertz CT molecular complexity index is 584. The number of thiazole rings is 1. The fourth-order valence-electron chi connectivity index (χ4n) is 2.68. The second kappa shape index (κ2) is 6.68. The molecule has 2 heterocycles. The fraction of sp³-hybridized carbons (Fsp3) is 0.467. The lowest BCUT2D eigenvalue weighted by molar-refractivity contribution is -0.917. The first-order valence-electron chi connectivity index (χ1n) is 7.47. The minimum atomic E-state index is 0.900. The van der Waals surface area contributed by atoms with Crippen molar-refractivity contribution >= 4 is 38.9 Å². The molecular formula is C15H21N4S2+. The smallest absolute Gasteiger partial charge is 0.169 e. The Morgan fingerprint density at radius 2 is 2.14 bits per heavy atom. The van der Waals surface area contributed by atoms with E-state index in [4.69, 9.17) is 17.2 Å². The molecule has 0 radical (unpaired) electrons. The molecule has 1 aromatic carbocycles. The van der Waals surface area contributed by atoms with Crippen LogP contribution in [0.15, 0.2) is 24.3 Å². The number of rotatable bonds is 3. The fourth-order valence-corrected chi connectivity index (χ4v) is 4.04.